The Bertz CT molecular complexity index is 465. The van der Waals surface area contributed by atoms with Crippen molar-refractivity contribution in [3.05, 3.63) is 23.3 Å². The van der Waals surface area contributed by atoms with Gasteiger partial charge in [-0.3, -0.25) is 0 Å². The molecular weight excluding hydrogens is 242 g/mol. The lowest BCUT2D eigenvalue weighted by molar-refractivity contribution is 0.423. The molecule has 3 heteroatoms. The Labute approximate surface area is 115 Å². The fourth-order valence-electron chi connectivity index (χ4n) is 1.88. The highest BCUT2D eigenvalue weighted by Gasteiger charge is 2.26. The molecule has 2 nitrogen and oxygen atoms in total. The smallest absolute Gasteiger partial charge is 0.123 e. The van der Waals surface area contributed by atoms with Gasteiger partial charge in [-0.15, -0.1) is 0 Å². The van der Waals surface area contributed by atoms with Gasteiger partial charge in [0.25, 0.3) is 0 Å². The zero-order valence-corrected chi connectivity index (χ0v) is 12.8. The molecule has 0 aliphatic rings. The predicted octanol–water partition coefficient (Wildman–Crippen LogP) is 4.72. The summed E-state index contributed by atoms with van der Waals surface area (Å²) >= 11 is 4.66. The standard InChI is InChI=1S/C15H21NOS/c1-14(2,3)11-7-10(16-9-18)8-12(13(11)17)15(4,5)6/h7-8,17H,1-6H3. The molecule has 0 aliphatic heterocycles. The van der Waals surface area contributed by atoms with Gasteiger partial charge in [-0.2, -0.15) is 4.99 Å². The van der Waals surface area contributed by atoms with Gasteiger partial charge >= 0.3 is 0 Å². The van der Waals surface area contributed by atoms with Gasteiger partial charge < -0.3 is 5.11 Å². The van der Waals surface area contributed by atoms with Crippen molar-refractivity contribution < 1.29 is 5.11 Å². The summed E-state index contributed by atoms with van der Waals surface area (Å²) < 4.78 is 0. The van der Waals surface area contributed by atoms with E-state index in [2.05, 4.69) is 63.9 Å². The second kappa shape index (κ2) is 4.83. The molecule has 0 unspecified atom stereocenters. The number of aromatic hydroxyl groups is 1. The van der Waals surface area contributed by atoms with Gasteiger partial charge in [0, 0.05) is 11.1 Å². The van der Waals surface area contributed by atoms with Gasteiger partial charge in [0.05, 0.1) is 10.8 Å². The van der Waals surface area contributed by atoms with Crippen LogP contribution >= 0.6 is 12.2 Å². The Balaban J connectivity index is 3.64. The zero-order chi connectivity index (χ0) is 14.1. The van der Waals surface area contributed by atoms with E-state index >= 15 is 0 Å². The van der Waals surface area contributed by atoms with Crippen LogP contribution in [-0.4, -0.2) is 10.3 Å². The number of benzene rings is 1. The monoisotopic (exact) mass is 263 g/mol. The molecule has 0 atom stereocenters. The lowest BCUT2D eigenvalue weighted by atomic mass is 9.79. The van der Waals surface area contributed by atoms with Crippen LogP contribution in [0.2, 0.25) is 0 Å². The molecule has 0 spiro atoms. The minimum Gasteiger partial charge on any atom is -0.507 e. The van der Waals surface area contributed by atoms with Crippen molar-refractivity contribution in [3.8, 4) is 5.75 Å². The number of hydrogen-bond acceptors (Lipinski definition) is 3. The fraction of sp³-hybridized carbons (Fsp3) is 0.533. The summed E-state index contributed by atoms with van der Waals surface area (Å²) in [5, 5.41) is 12.9. The summed E-state index contributed by atoms with van der Waals surface area (Å²) in [6.07, 6.45) is 0. The van der Waals surface area contributed by atoms with Crippen LogP contribution in [0.25, 0.3) is 0 Å². The largest absolute Gasteiger partial charge is 0.507 e. The fourth-order valence-corrected chi connectivity index (χ4v) is 1.99. The highest BCUT2D eigenvalue weighted by atomic mass is 32.1. The van der Waals surface area contributed by atoms with Gasteiger partial charge in [-0.05, 0) is 35.2 Å². The van der Waals surface area contributed by atoms with E-state index in [0.29, 0.717) is 5.75 Å². The molecule has 0 saturated heterocycles. The minimum absolute atomic E-state index is 0.142. The van der Waals surface area contributed by atoms with E-state index in [1.54, 1.807) is 0 Å². The average Bonchev–Trinajstić information content (AvgIpc) is 2.17. The molecule has 0 bridgehead atoms. The van der Waals surface area contributed by atoms with Crippen LogP contribution in [0.4, 0.5) is 5.69 Å². The first-order chi connectivity index (χ1) is 8.07. The van der Waals surface area contributed by atoms with E-state index in [1.807, 2.05) is 12.1 Å². The highest BCUT2D eigenvalue weighted by Crippen LogP contribution is 2.41. The maximum Gasteiger partial charge on any atom is 0.123 e. The molecular formula is C15H21NOS. The number of isothiocyanates is 1. The average molecular weight is 263 g/mol. The maximum absolute atomic E-state index is 10.5. The Morgan fingerprint density at radius 2 is 1.39 bits per heavy atom. The Morgan fingerprint density at radius 3 is 1.67 bits per heavy atom. The number of phenolic OH excluding ortho intramolecular Hbond substituents is 1. The minimum atomic E-state index is -0.142. The summed E-state index contributed by atoms with van der Waals surface area (Å²) in [6.45, 7) is 12.4. The molecule has 18 heavy (non-hydrogen) atoms. The van der Waals surface area contributed by atoms with Gasteiger partial charge in [0.1, 0.15) is 5.75 Å². The van der Waals surface area contributed by atoms with Crippen molar-refractivity contribution in [2.75, 3.05) is 0 Å². The number of aliphatic imine (C=N–C) groups is 1. The molecule has 0 fully saturated rings. The van der Waals surface area contributed by atoms with E-state index in [-0.39, 0.29) is 10.8 Å². The molecule has 0 aromatic heterocycles. The Morgan fingerprint density at radius 1 is 1.00 bits per heavy atom. The van der Waals surface area contributed by atoms with Crippen LogP contribution in [0.3, 0.4) is 0 Å². The number of phenols is 1. The second-order valence-corrected chi connectivity index (χ2v) is 6.78. The van der Waals surface area contributed by atoms with E-state index in [4.69, 9.17) is 0 Å². The molecule has 1 N–H and O–H groups in total. The molecule has 1 rings (SSSR count). The van der Waals surface area contributed by atoms with Gasteiger partial charge in [0.15, 0.2) is 0 Å². The summed E-state index contributed by atoms with van der Waals surface area (Å²) in [5.74, 6) is 0.360. The first kappa shape index (κ1) is 14.9. The first-order valence-corrected chi connectivity index (χ1v) is 6.44. The number of rotatable bonds is 1. The van der Waals surface area contributed by atoms with Crippen LogP contribution in [-0.2, 0) is 10.8 Å². The first-order valence-electron chi connectivity index (χ1n) is 6.03. The van der Waals surface area contributed by atoms with E-state index in [1.165, 1.54) is 0 Å². The number of hydrogen-bond donors (Lipinski definition) is 1. The second-order valence-electron chi connectivity index (χ2n) is 6.59. The van der Waals surface area contributed by atoms with Gasteiger partial charge in [-0.1, -0.05) is 41.5 Å². The third kappa shape index (κ3) is 3.18. The lowest BCUT2D eigenvalue weighted by Gasteiger charge is -2.27. The highest BCUT2D eigenvalue weighted by molar-refractivity contribution is 7.78. The van der Waals surface area contributed by atoms with E-state index < -0.39 is 0 Å². The maximum atomic E-state index is 10.5. The van der Waals surface area contributed by atoms with Crippen LogP contribution in [0, 0.1) is 0 Å². The Kier molecular flexibility index (Phi) is 3.99. The van der Waals surface area contributed by atoms with Crippen molar-refractivity contribution in [1.82, 2.24) is 0 Å². The molecule has 0 heterocycles. The van der Waals surface area contributed by atoms with Crippen molar-refractivity contribution in [2.24, 2.45) is 4.99 Å². The van der Waals surface area contributed by atoms with Crippen LogP contribution in [0.5, 0.6) is 5.75 Å². The summed E-state index contributed by atoms with van der Waals surface area (Å²) in [4.78, 5) is 4.05. The normalized spacial score (nSPS) is 12.1. The molecule has 0 saturated carbocycles. The number of nitrogens with zero attached hydrogens (tertiary/aromatic N) is 1. The third-order valence-electron chi connectivity index (χ3n) is 2.89. The zero-order valence-electron chi connectivity index (χ0n) is 12.0. The third-order valence-corrected chi connectivity index (χ3v) is 2.98. The summed E-state index contributed by atoms with van der Waals surface area (Å²) in [7, 11) is 0. The van der Waals surface area contributed by atoms with Crippen molar-refractivity contribution >= 4 is 23.1 Å². The van der Waals surface area contributed by atoms with Crippen molar-refractivity contribution in [2.45, 2.75) is 52.4 Å². The SMILES string of the molecule is CC(C)(C)c1cc(N=C=S)cc(C(C)(C)C)c1O. The van der Waals surface area contributed by atoms with Crippen LogP contribution in [0.15, 0.2) is 17.1 Å². The quantitative estimate of drug-likeness (QED) is 0.587. The Hall–Kier alpha value is -1.18. The van der Waals surface area contributed by atoms with E-state index in [9.17, 15) is 5.11 Å². The van der Waals surface area contributed by atoms with Gasteiger partial charge in [-0.25, -0.2) is 0 Å². The molecule has 1 aromatic rings. The molecule has 0 aliphatic carbocycles. The topological polar surface area (TPSA) is 32.6 Å². The molecule has 98 valence electrons. The predicted molar refractivity (Wildman–Crippen MR) is 80.2 cm³/mol. The molecule has 0 amide bonds. The summed E-state index contributed by atoms with van der Waals surface area (Å²) in [5.41, 5.74) is 2.24. The summed E-state index contributed by atoms with van der Waals surface area (Å²) in [6, 6.07) is 3.76. The molecule has 0 radical (unpaired) electrons. The van der Waals surface area contributed by atoms with Crippen LogP contribution < -0.4 is 0 Å². The molecule has 1 aromatic carbocycles. The van der Waals surface area contributed by atoms with Crippen LogP contribution in [0.1, 0.15) is 52.7 Å². The van der Waals surface area contributed by atoms with E-state index in [0.717, 1.165) is 16.8 Å². The van der Waals surface area contributed by atoms with Gasteiger partial charge in [0.2, 0.25) is 0 Å². The van der Waals surface area contributed by atoms with Crippen molar-refractivity contribution in [1.29, 1.82) is 0 Å². The van der Waals surface area contributed by atoms with Crippen molar-refractivity contribution in [3.63, 3.8) is 0 Å². The lowest BCUT2D eigenvalue weighted by Crippen LogP contribution is -2.16. The number of thiocarbonyl (C=S) groups is 1.